The van der Waals surface area contributed by atoms with E-state index in [4.69, 9.17) is 16.3 Å². The summed E-state index contributed by atoms with van der Waals surface area (Å²) >= 11 is 8.04. The summed E-state index contributed by atoms with van der Waals surface area (Å²) < 4.78 is 6.53. The standard InChI is InChI=1S/C13H15ClINO2/c1-13(5-2-6-18-13)8-16-12(17)10-7-9(14)3-4-11(10)15/h3-4,7H,2,5-6,8H2,1H3,(H,16,17). The van der Waals surface area contributed by atoms with Crippen molar-refractivity contribution < 1.29 is 9.53 Å². The number of carbonyl (C=O) groups is 1. The molecule has 1 amide bonds. The Kier molecular flexibility index (Phi) is 4.50. The van der Waals surface area contributed by atoms with Crippen LogP contribution in [0.2, 0.25) is 5.02 Å². The van der Waals surface area contributed by atoms with Crippen LogP contribution in [0.4, 0.5) is 0 Å². The maximum atomic E-state index is 12.1. The van der Waals surface area contributed by atoms with Crippen molar-refractivity contribution in [2.75, 3.05) is 13.2 Å². The van der Waals surface area contributed by atoms with Gasteiger partial charge in [-0.1, -0.05) is 11.6 Å². The predicted octanol–water partition coefficient (Wildman–Crippen LogP) is 3.24. The van der Waals surface area contributed by atoms with E-state index in [1.165, 1.54) is 0 Å². The van der Waals surface area contributed by atoms with Gasteiger partial charge in [0, 0.05) is 21.7 Å². The molecule has 1 unspecified atom stereocenters. The van der Waals surface area contributed by atoms with Gasteiger partial charge in [-0.2, -0.15) is 0 Å². The van der Waals surface area contributed by atoms with E-state index in [1.54, 1.807) is 12.1 Å². The third-order valence-electron chi connectivity index (χ3n) is 3.10. The highest BCUT2D eigenvalue weighted by molar-refractivity contribution is 14.1. The smallest absolute Gasteiger partial charge is 0.252 e. The lowest BCUT2D eigenvalue weighted by atomic mass is 10.0. The van der Waals surface area contributed by atoms with Crippen LogP contribution in [0.3, 0.4) is 0 Å². The van der Waals surface area contributed by atoms with Gasteiger partial charge in [0.05, 0.1) is 11.2 Å². The second-order valence-corrected chi connectivity index (χ2v) is 6.31. The topological polar surface area (TPSA) is 38.3 Å². The number of hydrogen-bond donors (Lipinski definition) is 1. The molecule has 0 aromatic heterocycles. The highest BCUT2D eigenvalue weighted by Crippen LogP contribution is 2.24. The first-order chi connectivity index (χ1) is 8.50. The minimum absolute atomic E-state index is 0.0985. The van der Waals surface area contributed by atoms with Crippen LogP contribution in [0.15, 0.2) is 18.2 Å². The Morgan fingerprint density at radius 2 is 2.39 bits per heavy atom. The highest BCUT2D eigenvalue weighted by Gasteiger charge is 2.30. The molecule has 1 aromatic carbocycles. The van der Waals surface area contributed by atoms with Crippen LogP contribution >= 0.6 is 34.2 Å². The van der Waals surface area contributed by atoms with Crippen LogP contribution in [0.1, 0.15) is 30.1 Å². The monoisotopic (exact) mass is 379 g/mol. The molecule has 2 rings (SSSR count). The van der Waals surface area contributed by atoms with E-state index in [9.17, 15) is 4.79 Å². The quantitative estimate of drug-likeness (QED) is 0.819. The fraction of sp³-hybridized carbons (Fsp3) is 0.462. The van der Waals surface area contributed by atoms with Crippen molar-refractivity contribution in [2.45, 2.75) is 25.4 Å². The van der Waals surface area contributed by atoms with Crippen molar-refractivity contribution in [3.05, 3.63) is 32.4 Å². The van der Waals surface area contributed by atoms with Gasteiger partial charge in [0.25, 0.3) is 5.91 Å². The first-order valence-corrected chi connectivity index (χ1v) is 7.33. The summed E-state index contributed by atoms with van der Waals surface area (Å²) in [6.07, 6.45) is 2.04. The second-order valence-electron chi connectivity index (χ2n) is 4.71. The van der Waals surface area contributed by atoms with Crippen molar-refractivity contribution >= 4 is 40.1 Å². The molecule has 1 N–H and O–H groups in total. The average Bonchev–Trinajstić information content (AvgIpc) is 2.77. The van der Waals surface area contributed by atoms with Crippen LogP contribution in [0.25, 0.3) is 0 Å². The van der Waals surface area contributed by atoms with E-state index < -0.39 is 0 Å². The summed E-state index contributed by atoms with van der Waals surface area (Å²) in [5.41, 5.74) is 0.393. The van der Waals surface area contributed by atoms with Crippen LogP contribution in [-0.4, -0.2) is 24.7 Å². The van der Waals surface area contributed by atoms with Gasteiger partial charge >= 0.3 is 0 Å². The van der Waals surface area contributed by atoms with Crippen LogP contribution in [-0.2, 0) is 4.74 Å². The molecular formula is C13H15ClINO2. The largest absolute Gasteiger partial charge is 0.373 e. The molecule has 1 saturated heterocycles. The lowest BCUT2D eigenvalue weighted by molar-refractivity contribution is 0.0206. The summed E-state index contributed by atoms with van der Waals surface area (Å²) in [4.78, 5) is 12.1. The number of halogens is 2. The number of hydrogen-bond acceptors (Lipinski definition) is 2. The Morgan fingerprint density at radius 1 is 1.61 bits per heavy atom. The summed E-state index contributed by atoms with van der Waals surface area (Å²) in [6.45, 7) is 3.35. The zero-order valence-corrected chi connectivity index (χ0v) is 13.0. The lowest BCUT2D eigenvalue weighted by Gasteiger charge is -2.23. The minimum Gasteiger partial charge on any atom is -0.373 e. The lowest BCUT2D eigenvalue weighted by Crippen LogP contribution is -2.40. The van der Waals surface area contributed by atoms with E-state index in [-0.39, 0.29) is 11.5 Å². The molecule has 3 nitrogen and oxygen atoms in total. The van der Waals surface area contributed by atoms with Gasteiger partial charge in [0.1, 0.15) is 0 Å². The maximum Gasteiger partial charge on any atom is 0.252 e. The average molecular weight is 380 g/mol. The first kappa shape index (κ1) is 14.1. The molecule has 1 heterocycles. The van der Waals surface area contributed by atoms with E-state index in [1.807, 2.05) is 13.0 Å². The van der Waals surface area contributed by atoms with Crippen LogP contribution < -0.4 is 5.32 Å². The third kappa shape index (κ3) is 3.36. The van der Waals surface area contributed by atoms with E-state index in [2.05, 4.69) is 27.9 Å². The molecule has 0 bridgehead atoms. The van der Waals surface area contributed by atoms with Gasteiger partial charge < -0.3 is 10.1 Å². The summed E-state index contributed by atoms with van der Waals surface area (Å²) in [5, 5.41) is 3.50. The zero-order chi connectivity index (χ0) is 13.2. The van der Waals surface area contributed by atoms with Gasteiger partial charge in [-0.3, -0.25) is 4.79 Å². The minimum atomic E-state index is -0.223. The van der Waals surface area contributed by atoms with E-state index in [0.29, 0.717) is 17.1 Å². The van der Waals surface area contributed by atoms with Crippen molar-refractivity contribution in [1.82, 2.24) is 5.32 Å². The predicted molar refractivity (Wildman–Crippen MR) is 80.1 cm³/mol. The SMILES string of the molecule is CC1(CNC(=O)c2cc(Cl)ccc2I)CCCO1. The molecule has 98 valence electrons. The molecule has 1 aliphatic heterocycles. The number of rotatable bonds is 3. The van der Waals surface area contributed by atoms with Crippen molar-refractivity contribution in [3.63, 3.8) is 0 Å². The third-order valence-corrected chi connectivity index (χ3v) is 4.27. The van der Waals surface area contributed by atoms with Gasteiger partial charge in [-0.05, 0) is 60.6 Å². The second kappa shape index (κ2) is 5.75. The first-order valence-electron chi connectivity index (χ1n) is 5.87. The molecule has 0 spiro atoms. The fourth-order valence-corrected chi connectivity index (χ4v) is 2.76. The van der Waals surface area contributed by atoms with Gasteiger partial charge in [0.2, 0.25) is 0 Å². The highest BCUT2D eigenvalue weighted by atomic mass is 127. The molecule has 0 radical (unpaired) electrons. The number of carbonyl (C=O) groups excluding carboxylic acids is 1. The molecule has 0 aliphatic carbocycles. The van der Waals surface area contributed by atoms with Gasteiger partial charge in [-0.25, -0.2) is 0 Å². The molecule has 0 saturated carbocycles. The molecule has 1 aliphatic rings. The Hall–Kier alpha value is -0.330. The fourth-order valence-electron chi connectivity index (χ4n) is 2.01. The van der Waals surface area contributed by atoms with Crippen molar-refractivity contribution in [3.8, 4) is 0 Å². The number of amides is 1. The van der Waals surface area contributed by atoms with Crippen molar-refractivity contribution in [2.24, 2.45) is 0 Å². The molecule has 18 heavy (non-hydrogen) atoms. The summed E-state index contributed by atoms with van der Waals surface area (Å²) in [5.74, 6) is -0.0985. The summed E-state index contributed by atoms with van der Waals surface area (Å²) in [6, 6.07) is 5.31. The Labute approximate surface area is 125 Å². The number of nitrogens with one attached hydrogen (secondary N) is 1. The maximum absolute atomic E-state index is 12.1. The van der Waals surface area contributed by atoms with Gasteiger partial charge in [0.15, 0.2) is 0 Å². The van der Waals surface area contributed by atoms with Gasteiger partial charge in [-0.15, -0.1) is 0 Å². The summed E-state index contributed by atoms with van der Waals surface area (Å²) in [7, 11) is 0. The number of benzene rings is 1. The molecule has 5 heteroatoms. The Morgan fingerprint density at radius 3 is 3.06 bits per heavy atom. The Bertz CT molecular complexity index is 458. The van der Waals surface area contributed by atoms with Crippen molar-refractivity contribution in [1.29, 1.82) is 0 Å². The van der Waals surface area contributed by atoms with Crippen LogP contribution in [0, 0.1) is 3.57 Å². The molecule has 1 atom stereocenters. The van der Waals surface area contributed by atoms with E-state index >= 15 is 0 Å². The molecule has 1 aromatic rings. The number of ether oxygens (including phenoxy) is 1. The Balaban J connectivity index is 2.01. The van der Waals surface area contributed by atoms with E-state index in [0.717, 1.165) is 23.0 Å². The zero-order valence-electron chi connectivity index (χ0n) is 10.1. The normalized spacial score (nSPS) is 23.1. The molecule has 1 fully saturated rings. The van der Waals surface area contributed by atoms with Crippen LogP contribution in [0.5, 0.6) is 0 Å². The molecular weight excluding hydrogens is 365 g/mol.